The summed E-state index contributed by atoms with van der Waals surface area (Å²) in [5.41, 5.74) is -0.589. The minimum Gasteiger partial charge on any atom is -0.388 e. The fourth-order valence-corrected chi connectivity index (χ4v) is 2.29. The molecule has 4 heteroatoms. The van der Waals surface area contributed by atoms with Crippen molar-refractivity contribution in [3.8, 4) is 0 Å². The maximum atomic E-state index is 10.1. The summed E-state index contributed by atoms with van der Waals surface area (Å²) in [5.74, 6) is 1.85. The number of hydrogen-bond acceptors (Lipinski definition) is 4. The molecule has 1 aliphatic rings. The highest BCUT2D eigenvalue weighted by Crippen LogP contribution is 2.24. The van der Waals surface area contributed by atoms with Crippen molar-refractivity contribution in [2.75, 3.05) is 29.9 Å². The molecule has 1 aromatic rings. The van der Waals surface area contributed by atoms with Gasteiger partial charge in [0.1, 0.15) is 11.6 Å². The lowest BCUT2D eigenvalue weighted by molar-refractivity contribution is 0.0447. The molecule has 4 nitrogen and oxygen atoms in total. The quantitative estimate of drug-likeness (QED) is 0.839. The lowest BCUT2D eigenvalue weighted by Gasteiger charge is -2.37. The third-order valence-electron chi connectivity index (χ3n) is 3.09. The maximum absolute atomic E-state index is 10.1. The molecule has 1 saturated heterocycles. The minimum atomic E-state index is -0.589. The Balaban J connectivity index is 2.13. The molecule has 0 radical (unpaired) electrons. The fourth-order valence-electron chi connectivity index (χ4n) is 2.29. The van der Waals surface area contributed by atoms with Crippen molar-refractivity contribution >= 4 is 11.6 Å². The van der Waals surface area contributed by atoms with Crippen LogP contribution in [0.1, 0.15) is 26.7 Å². The summed E-state index contributed by atoms with van der Waals surface area (Å²) >= 11 is 0. The summed E-state index contributed by atoms with van der Waals surface area (Å²) in [6.45, 7) is 6.45. The fraction of sp³-hybridized carbons (Fsp3) is 0.615. The Morgan fingerprint density at radius 2 is 2.35 bits per heavy atom. The second kappa shape index (κ2) is 4.92. The van der Waals surface area contributed by atoms with E-state index in [1.807, 2.05) is 25.1 Å². The molecule has 1 unspecified atom stereocenters. The summed E-state index contributed by atoms with van der Waals surface area (Å²) in [6, 6.07) is 5.97. The SMILES string of the molecule is CCNc1cccc(N2CCCC(C)(O)C2)n1. The van der Waals surface area contributed by atoms with E-state index in [-0.39, 0.29) is 0 Å². The summed E-state index contributed by atoms with van der Waals surface area (Å²) in [6.07, 6.45) is 1.89. The van der Waals surface area contributed by atoms with Crippen molar-refractivity contribution in [2.24, 2.45) is 0 Å². The van der Waals surface area contributed by atoms with E-state index in [1.54, 1.807) is 0 Å². The summed E-state index contributed by atoms with van der Waals surface area (Å²) in [4.78, 5) is 6.71. The number of piperidine rings is 1. The van der Waals surface area contributed by atoms with Gasteiger partial charge in [-0.2, -0.15) is 0 Å². The largest absolute Gasteiger partial charge is 0.388 e. The van der Waals surface area contributed by atoms with Crippen LogP contribution in [0.3, 0.4) is 0 Å². The van der Waals surface area contributed by atoms with E-state index < -0.39 is 5.60 Å². The third kappa shape index (κ3) is 3.09. The molecule has 1 atom stereocenters. The number of nitrogens with zero attached hydrogens (tertiary/aromatic N) is 2. The zero-order chi connectivity index (χ0) is 12.3. The molecule has 2 N–H and O–H groups in total. The average molecular weight is 235 g/mol. The van der Waals surface area contributed by atoms with Crippen LogP contribution >= 0.6 is 0 Å². The molecule has 1 aliphatic heterocycles. The van der Waals surface area contributed by atoms with Gasteiger partial charge in [-0.05, 0) is 38.8 Å². The van der Waals surface area contributed by atoms with Crippen molar-refractivity contribution in [1.82, 2.24) is 4.98 Å². The van der Waals surface area contributed by atoms with Crippen LogP contribution < -0.4 is 10.2 Å². The van der Waals surface area contributed by atoms with Gasteiger partial charge in [0.2, 0.25) is 0 Å². The molecule has 1 aromatic heterocycles. The number of pyridine rings is 1. The Morgan fingerprint density at radius 1 is 1.53 bits per heavy atom. The Labute approximate surface area is 103 Å². The molecule has 0 saturated carbocycles. The minimum absolute atomic E-state index is 0.589. The molecule has 0 aromatic carbocycles. The molecular formula is C13H21N3O. The molecule has 2 rings (SSSR count). The standard InChI is InChI=1S/C13H21N3O/c1-3-14-11-6-4-7-12(15-11)16-9-5-8-13(2,17)10-16/h4,6-7,17H,3,5,8-10H2,1-2H3,(H,14,15). The first-order valence-electron chi connectivity index (χ1n) is 6.29. The highest BCUT2D eigenvalue weighted by Gasteiger charge is 2.28. The van der Waals surface area contributed by atoms with Crippen LogP contribution in [0.4, 0.5) is 11.6 Å². The smallest absolute Gasteiger partial charge is 0.131 e. The molecule has 17 heavy (non-hydrogen) atoms. The summed E-state index contributed by atoms with van der Waals surface area (Å²) in [5, 5.41) is 13.3. The van der Waals surface area contributed by atoms with Gasteiger partial charge in [0.25, 0.3) is 0 Å². The van der Waals surface area contributed by atoms with Crippen LogP contribution in [0.15, 0.2) is 18.2 Å². The van der Waals surface area contributed by atoms with E-state index in [0.717, 1.165) is 37.6 Å². The molecular weight excluding hydrogens is 214 g/mol. The van der Waals surface area contributed by atoms with Crippen LogP contribution in [-0.2, 0) is 0 Å². The first-order chi connectivity index (χ1) is 8.11. The Kier molecular flexibility index (Phi) is 3.52. The van der Waals surface area contributed by atoms with Crippen LogP contribution in [-0.4, -0.2) is 35.3 Å². The predicted octanol–water partition coefficient (Wildman–Crippen LogP) is 1.86. The van der Waals surface area contributed by atoms with Crippen LogP contribution in [0.2, 0.25) is 0 Å². The Morgan fingerprint density at radius 3 is 3.06 bits per heavy atom. The topological polar surface area (TPSA) is 48.4 Å². The molecule has 0 amide bonds. The van der Waals surface area contributed by atoms with E-state index in [4.69, 9.17) is 0 Å². The number of hydrogen-bond donors (Lipinski definition) is 2. The van der Waals surface area contributed by atoms with E-state index in [1.165, 1.54) is 0 Å². The Bertz CT molecular complexity index is 379. The van der Waals surface area contributed by atoms with Crippen LogP contribution in [0.5, 0.6) is 0 Å². The van der Waals surface area contributed by atoms with Gasteiger partial charge in [-0.25, -0.2) is 4.98 Å². The second-order valence-corrected chi connectivity index (χ2v) is 4.93. The normalized spacial score (nSPS) is 24.8. The second-order valence-electron chi connectivity index (χ2n) is 4.93. The molecule has 2 heterocycles. The van der Waals surface area contributed by atoms with E-state index in [2.05, 4.69) is 22.1 Å². The first-order valence-corrected chi connectivity index (χ1v) is 6.29. The van der Waals surface area contributed by atoms with Crippen molar-refractivity contribution < 1.29 is 5.11 Å². The average Bonchev–Trinajstić information content (AvgIpc) is 2.28. The monoisotopic (exact) mass is 235 g/mol. The zero-order valence-corrected chi connectivity index (χ0v) is 10.6. The molecule has 0 aliphatic carbocycles. The maximum Gasteiger partial charge on any atom is 0.131 e. The van der Waals surface area contributed by atoms with Gasteiger partial charge in [-0.15, -0.1) is 0 Å². The number of β-amino-alcohol motifs (C(OH)–C–C–N with tert-alkyl or cyclic N) is 1. The van der Waals surface area contributed by atoms with Crippen LogP contribution in [0.25, 0.3) is 0 Å². The van der Waals surface area contributed by atoms with Gasteiger partial charge >= 0.3 is 0 Å². The highest BCUT2D eigenvalue weighted by atomic mass is 16.3. The van der Waals surface area contributed by atoms with Crippen molar-refractivity contribution in [2.45, 2.75) is 32.3 Å². The van der Waals surface area contributed by atoms with Crippen molar-refractivity contribution in [3.63, 3.8) is 0 Å². The van der Waals surface area contributed by atoms with Gasteiger partial charge in [-0.3, -0.25) is 0 Å². The number of rotatable bonds is 3. The van der Waals surface area contributed by atoms with Crippen molar-refractivity contribution in [1.29, 1.82) is 0 Å². The predicted molar refractivity (Wildman–Crippen MR) is 70.5 cm³/mol. The van der Waals surface area contributed by atoms with E-state index >= 15 is 0 Å². The van der Waals surface area contributed by atoms with Crippen molar-refractivity contribution in [3.05, 3.63) is 18.2 Å². The molecule has 0 spiro atoms. The summed E-state index contributed by atoms with van der Waals surface area (Å²) in [7, 11) is 0. The van der Waals surface area contributed by atoms with Gasteiger partial charge in [-0.1, -0.05) is 6.07 Å². The lowest BCUT2D eigenvalue weighted by atomic mass is 9.95. The van der Waals surface area contributed by atoms with Gasteiger partial charge < -0.3 is 15.3 Å². The number of anilines is 2. The number of aromatic nitrogens is 1. The van der Waals surface area contributed by atoms with E-state index in [9.17, 15) is 5.11 Å². The van der Waals surface area contributed by atoms with Gasteiger partial charge in [0, 0.05) is 19.6 Å². The number of aliphatic hydroxyl groups is 1. The summed E-state index contributed by atoms with van der Waals surface area (Å²) < 4.78 is 0. The van der Waals surface area contributed by atoms with Gasteiger partial charge in [0.05, 0.1) is 5.60 Å². The molecule has 1 fully saturated rings. The zero-order valence-electron chi connectivity index (χ0n) is 10.6. The Hall–Kier alpha value is -1.29. The first kappa shape index (κ1) is 12.2. The molecule has 94 valence electrons. The van der Waals surface area contributed by atoms with Gasteiger partial charge in [0.15, 0.2) is 0 Å². The van der Waals surface area contributed by atoms with E-state index in [0.29, 0.717) is 6.54 Å². The number of nitrogens with one attached hydrogen (secondary N) is 1. The molecule has 0 bridgehead atoms. The third-order valence-corrected chi connectivity index (χ3v) is 3.09. The highest BCUT2D eigenvalue weighted by molar-refractivity contribution is 5.47. The van der Waals surface area contributed by atoms with Crippen LogP contribution in [0, 0.1) is 0 Å². The lowest BCUT2D eigenvalue weighted by Crippen LogP contribution is -2.46.